The molecule has 0 saturated heterocycles. The Morgan fingerprint density at radius 3 is 2.81 bits per heavy atom. The molecule has 0 aliphatic carbocycles. The number of rotatable bonds is 4. The SMILES string of the molecule is O=C(N/N=C/c1cc(Cl)cc([N+](=O)[O-])c1[O-])[C@H]1COc2ccccc2O1. The zero-order chi connectivity index (χ0) is 18.7. The second kappa shape index (κ2) is 7.28. The van der Waals surface area contributed by atoms with Crippen LogP contribution in [-0.2, 0) is 4.79 Å². The van der Waals surface area contributed by atoms with Crippen LogP contribution in [0.25, 0.3) is 0 Å². The maximum absolute atomic E-state index is 12.1. The third-order valence-electron chi connectivity index (χ3n) is 3.44. The summed E-state index contributed by atoms with van der Waals surface area (Å²) in [6.07, 6.45) is 0.0546. The van der Waals surface area contributed by atoms with Crippen LogP contribution in [0.4, 0.5) is 5.69 Å². The van der Waals surface area contributed by atoms with Crippen molar-refractivity contribution in [3.05, 3.63) is 57.1 Å². The molecule has 0 fully saturated rings. The van der Waals surface area contributed by atoms with Gasteiger partial charge in [0.1, 0.15) is 6.61 Å². The van der Waals surface area contributed by atoms with Crippen LogP contribution in [0, 0.1) is 10.1 Å². The fraction of sp³-hybridized carbons (Fsp3) is 0.125. The molecule has 1 aliphatic rings. The van der Waals surface area contributed by atoms with Crippen molar-refractivity contribution in [3.8, 4) is 17.2 Å². The minimum absolute atomic E-state index is 0.00435. The van der Waals surface area contributed by atoms with Crippen LogP contribution in [-0.4, -0.2) is 29.8 Å². The number of halogens is 1. The Hall–Kier alpha value is -3.33. The average molecular weight is 377 g/mol. The second-order valence-corrected chi connectivity index (χ2v) is 5.64. The van der Waals surface area contributed by atoms with E-state index in [4.69, 9.17) is 21.1 Å². The molecule has 0 spiro atoms. The number of benzene rings is 2. The smallest absolute Gasteiger partial charge is 0.284 e. The molecule has 1 amide bonds. The molecular formula is C16H11ClN3O6-. The summed E-state index contributed by atoms with van der Waals surface area (Å²) in [5.41, 5.74) is 1.40. The van der Waals surface area contributed by atoms with Crippen LogP contribution < -0.4 is 20.0 Å². The molecule has 0 saturated carbocycles. The van der Waals surface area contributed by atoms with E-state index in [0.717, 1.165) is 12.3 Å². The summed E-state index contributed by atoms with van der Waals surface area (Å²) < 4.78 is 10.9. The molecule has 134 valence electrons. The molecule has 2 aromatic carbocycles. The van der Waals surface area contributed by atoms with E-state index in [0.29, 0.717) is 11.5 Å². The van der Waals surface area contributed by atoms with Crippen LogP contribution in [0.1, 0.15) is 5.56 Å². The van der Waals surface area contributed by atoms with Gasteiger partial charge in [-0.2, -0.15) is 5.10 Å². The zero-order valence-corrected chi connectivity index (χ0v) is 13.8. The lowest BCUT2D eigenvalue weighted by atomic mass is 10.2. The van der Waals surface area contributed by atoms with Crippen molar-refractivity contribution >= 4 is 29.4 Å². The molecule has 2 aromatic rings. The van der Waals surface area contributed by atoms with Crippen molar-refractivity contribution < 1.29 is 24.3 Å². The van der Waals surface area contributed by atoms with E-state index in [1.54, 1.807) is 24.3 Å². The molecule has 1 atom stereocenters. The Bertz CT molecular complexity index is 902. The van der Waals surface area contributed by atoms with Gasteiger partial charge in [-0.15, -0.1) is 0 Å². The summed E-state index contributed by atoms with van der Waals surface area (Å²) in [4.78, 5) is 22.1. The van der Waals surface area contributed by atoms with Gasteiger partial charge < -0.3 is 14.6 Å². The summed E-state index contributed by atoms with van der Waals surface area (Å²) in [5, 5.41) is 26.4. The molecule has 1 N–H and O–H groups in total. The van der Waals surface area contributed by atoms with Gasteiger partial charge in [0, 0.05) is 11.1 Å². The number of para-hydroxylation sites is 2. The maximum atomic E-state index is 12.1. The highest BCUT2D eigenvalue weighted by Crippen LogP contribution is 2.31. The third-order valence-corrected chi connectivity index (χ3v) is 3.66. The highest BCUT2D eigenvalue weighted by Gasteiger charge is 2.27. The summed E-state index contributed by atoms with van der Waals surface area (Å²) in [6.45, 7) is -0.00614. The van der Waals surface area contributed by atoms with Crippen molar-refractivity contribution in [2.24, 2.45) is 5.10 Å². The van der Waals surface area contributed by atoms with Crippen LogP contribution in [0.3, 0.4) is 0 Å². The Balaban J connectivity index is 1.68. The standard InChI is InChI=1S/C16H12ClN3O6/c17-10-5-9(15(21)11(6-10)20(23)24)7-18-19-16(22)14-8-25-12-3-1-2-4-13(12)26-14/h1-7,14,21H,8H2,(H,19,22)/p-1/b18-7+/t14-/m1/s1. The fourth-order valence-electron chi connectivity index (χ4n) is 2.22. The van der Waals surface area contributed by atoms with Crippen molar-refractivity contribution in [1.82, 2.24) is 5.43 Å². The van der Waals surface area contributed by atoms with Gasteiger partial charge in [-0.05, 0) is 29.5 Å². The van der Waals surface area contributed by atoms with Gasteiger partial charge in [0.2, 0.25) is 6.10 Å². The number of nitro groups is 1. The van der Waals surface area contributed by atoms with Crippen molar-refractivity contribution in [2.75, 3.05) is 6.61 Å². The van der Waals surface area contributed by atoms with E-state index in [-0.39, 0.29) is 17.2 Å². The number of carbonyl (C=O) groups is 1. The van der Waals surface area contributed by atoms with E-state index in [1.165, 1.54) is 6.07 Å². The molecular weight excluding hydrogens is 366 g/mol. The fourth-order valence-corrected chi connectivity index (χ4v) is 2.44. The topological polar surface area (TPSA) is 126 Å². The first kappa shape index (κ1) is 17.5. The first-order chi connectivity index (χ1) is 12.5. The van der Waals surface area contributed by atoms with Crippen molar-refractivity contribution in [3.63, 3.8) is 0 Å². The van der Waals surface area contributed by atoms with E-state index < -0.39 is 28.4 Å². The molecule has 0 radical (unpaired) electrons. The van der Waals surface area contributed by atoms with Gasteiger partial charge in [-0.25, -0.2) is 5.43 Å². The number of fused-ring (bicyclic) bond motifs is 1. The molecule has 1 aliphatic heterocycles. The highest BCUT2D eigenvalue weighted by molar-refractivity contribution is 6.31. The predicted octanol–water partition coefficient (Wildman–Crippen LogP) is 1.61. The quantitative estimate of drug-likeness (QED) is 0.490. The number of nitro benzene ring substituents is 1. The monoisotopic (exact) mass is 376 g/mol. The lowest BCUT2D eigenvalue weighted by Gasteiger charge is -2.24. The number of hydrogen-bond donors (Lipinski definition) is 1. The van der Waals surface area contributed by atoms with Crippen molar-refractivity contribution in [2.45, 2.75) is 6.10 Å². The Kier molecular flexibility index (Phi) is 4.90. The predicted molar refractivity (Wildman–Crippen MR) is 89.6 cm³/mol. The number of hydrogen-bond acceptors (Lipinski definition) is 7. The minimum Gasteiger partial charge on any atom is -0.867 e. The Labute approximate surface area is 151 Å². The first-order valence-corrected chi connectivity index (χ1v) is 7.70. The molecule has 9 nitrogen and oxygen atoms in total. The molecule has 0 aromatic heterocycles. The van der Waals surface area contributed by atoms with Crippen LogP contribution in [0.15, 0.2) is 41.5 Å². The zero-order valence-electron chi connectivity index (χ0n) is 13.0. The summed E-state index contributed by atoms with van der Waals surface area (Å²) >= 11 is 5.75. The maximum Gasteiger partial charge on any atom is 0.284 e. The van der Waals surface area contributed by atoms with Gasteiger partial charge in [0.25, 0.3) is 11.6 Å². The van der Waals surface area contributed by atoms with Crippen molar-refractivity contribution in [1.29, 1.82) is 0 Å². The number of nitrogens with one attached hydrogen (secondary N) is 1. The van der Waals surface area contributed by atoms with Crippen LogP contribution in [0.5, 0.6) is 17.2 Å². The number of amides is 1. The van der Waals surface area contributed by atoms with Gasteiger partial charge in [0.15, 0.2) is 11.5 Å². The van der Waals surface area contributed by atoms with Gasteiger partial charge in [-0.3, -0.25) is 14.9 Å². The van der Waals surface area contributed by atoms with Gasteiger partial charge in [0.05, 0.1) is 11.1 Å². The average Bonchev–Trinajstić information content (AvgIpc) is 2.63. The van der Waals surface area contributed by atoms with E-state index >= 15 is 0 Å². The number of hydrazone groups is 1. The highest BCUT2D eigenvalue weighted by atomic mass is 35.5. The first-order valence-electron chi connectivity index (χ1n) is 7.32. The molecule has 0 unspecified atom stereocenters. The molecule has 3 rings (SSSR count). The van der Waals surface area contributed by atoms with Crippen LogP contribution in [0.2, 0.25) is 5.02 Å². The number of carbonyl (C=O) groups excluding carboxylic acids is 1. The minimum atomic E-state index is -0.928. The van der Waals surface area contributed by atoms with E-state index in [2.05, 4.69) is 10.5 Å². The van der Waals surface area contributed by atoms with Gasteiger partial charge >= 0.3 is 0 Å². The van der Waals surface area contributed by atoms with Crippen LogP contribution >= 0.6 is 11.6 Å². The molecule has 10 heteroatoms. The molecule has 1 heterocycles. The molecule has 26 heavy (non-hydrogen) atoms. The number of ether oxygens (including phenoxy) is 2. The Morgan fingerprint density at radius 1 is 1.35 bits per heavy atom. The molecule has 0 bridgehead atoms. The summed E-state index contributed by atoms with van der Waals surface area (Å²) in [6, 6.07) is 9.05. The normalized spacial score (nSPS) is 15.7. The Morgan fingerprint density at radius 2 is 2.08 bits per heavy atom. The van der Waals surface area contributed by atoms with Gasteiger partial charge in [-0.1, -0.05) is 23.7 Å². The number of nitrogens with zero attached hydrogens (tertiary/aromatic N) is 2. The van der Waals surface area contributed by atoms with E-state index in [9.17, 15) is 20.0 Å². The lowest BCUT2D eigenvalue weighted by molar-refractivity contribution is -0.398. The second-order valence-electron chi connectivity index (χ2n) is 5.20. The van der Waals surface area contributed by atoms with E-state index in [1.807, 2.05) is 0 Å². The lowest BCUT2D eigenvalue weighted by Crippen LogP contribution is -2.42. The largest absolute Gasteiger partial charge is 0.867 e. The summed E-state index contributed by atoms with van der Waals surface area (Å²) in [7, 11) is 0. The summed E-state index contributed by atoms with van der Waals surface area (Å²) in [5.74, 6) is -0.499. The third kappa shape index (κ3) is 3.67.